The second kappa shape index (κ2) is 4.82. The molecule has 0 radical (unpaired) electrons. The van der Waals surface area contributed by atoms with Crippen molar-refractivity contribution in [2.75, 3.05) is 0 Å². The summed E-state index contributed by atoms with van der Waals surface area (Å²) in [5, 5.41) is 1.28. The Kier molecular flexibility index (Phi) is 3.18. The monoisotopic (exact) mass is 258 g/mol. The number of benzene rings is 1. The molecule has 0 unspecified atom stereocenters. The Bertz CT molecular complexity index is 513. The first kappa shape index (κ1) is 11.9. The standard InChI is InChI=1S/C15H18N2S/c1-2-13-14(9-16)18-15(17-13)12-7-10-5-3-4-6-11(10)8-12/h3-6,12H,2,7-9,16H2,1H3. The van der Waals surface area contributed by atoms with E-state index in [2.05, 4.69) is 31.2 Å². The predicted octanol–water partition coefficient (Wildman–Crippen LogP) is 3.05. The molecule has 0 atom stereocenters. The van der Waals surface area contributed by atoms with Gasteiger partial charge in [-0.1, -0.05) is 31.2 Å². The highest BCUT2D eigenvalue weighted by Crippen LogP contribution is 2.36. The summed E-state index contributed by atoms with van der Waals surface area (Å²) in [6, 6.07) is 8.75. The van der Waals surface area contributed by atoms with Crippen LogP contribution in [0.4, 0.5) is 0 Å². The lowest BCUT2D eigenvalue weighted by Gasteiger charge is -2.03. The van der Waals surface area contributed by atoms with Gasteiger partial charge in [0.15, 0.2) is 0 Å². The number of aromatic nitrogens is 1. The summed E-state index contributed by atoms with van der Waals surface area (Å²) < 4.78 is 0. The molecular weight excluding hydrogens is 240 g/mol. The number of nitrogens with zero attached hydrogens (tertiary/aromatic N) is 1. The van der Waals surface area contributed by atoms with E-state index in [-0.39, 0.29) is 0 Å². The van der Waals surface area contributed by atoms with Crippen LogP contribution in [-0.2, 0) is 25.8 Å². The normalized spacial score (nSPS) is 15.0. The lowest BCUT2D eigenvalue weighted by Crippen LogP contribution is -1.98. The highest BCUT2D eigenvalue weighted by atomic mass is 32.1. The number of thiazole rings is 1. The van der Waals surface area contributed by atoms with Crippen molar-refractivity contribution in [1.82, 2.24) is 4.98 Å². The minimum Gasteiger partial charge on any atom is -0.326 e. The summed E-state index contributed by atoms with van der Waals surface area (Å²) in [5.74, 6) is 0.568. The van der Waals surface area contributed by atoms with Gasteiger partial charge in [-0.25, -0.2) is 4.98 Å². The number of nitrogens with two attached hydrogens (primary N) is 1. The van der Waals surface area contributed by atoms with Crippen molar-refractivity contribution in [3.05, 3.63) is 51.0 Å². The van der Waals surface area contributed by atoms with E-state index < -0.39 is 0 Å². The van der Waals surface area contributed by atoms with E-state index in [1.807, 2.05) is 11.3 Å². The fourth-order valence-corrected chi connectivity index (χ4v) is 3.88. The predicted molar refractivity (Wildman–Crippen MR) is 76.0 cm³/mol. The molecule has 0 bridgehead atoms. The summed E-state index contributed by atoms with van der Waals surface area (Å²) in [6.45, 7) is 2.78. The Labute approximate surface area is 112 Å². The fourth-order valence-electron chi connectivity index (χ4n) is 2.75. The van der Waals surface area contributed by atoms with Crippen LogP contribution in [0.5, 0.6) is 0 Å². The molecule has 0 saturated carbocycles. The molecule has 1 aliphatic carbocycles. The third-order valence-corrected chi connectivity index (χ3v) is 5.00. The second-order valence-corrected chi connectivity index (χ2v) is 5.97. The first-order valence-corrected chi connectivity index (χ1v) is 7.38. The molecule has 94 valence electrons. The Morgan fingerprint density at radius 3 is 2.44 bits per heavy atom. The van der Waals surface area contributed by atoms with Crippen LogP contribution in [-0.4, -0.2) is 4.98 Å². The maximum atomic E-state index is 5.79. The van der Waals surface area contributed by atoms with E-state index in [9.17, 15) is 0 Å². The molecule has 1 heterocycles. The lowest BCUT2D eigenvalue weighted by molar-refractivity contribution is 0.729. The Morgan fingerprint density at radius 1 is 1.28 bits per heavy atom. The number of hydrogen-bond acceptors (Lipinski definition) is 3. The van der Waals surface area contributed by atoms with Gasteiger partial charge in [0, 0.05) is 17.3 Å². The molecule has 0 spiro atoms. The minimum absolute atomic E-state index is 0.568. The number of hydrogen-bond donors (Lipinski definition) is 1. The van der Waals surface area contributed by atoms with Gasteiger partial charge < -0.3 is 5.73 Å². The molecule has 0 aliphatic heterocycles. The number of fused-ring (bicyclic) bond motifs is 1. The molecule has 0 fully saturated rings. The Balaban J connectivity index is 1.88. The van der Waals surface area contributed by atoms with E-state index in [1.54, 1.807) is 0 Å². The summed E-state index contributed by atoms with van der Waals surface area (Å²) >= 11 is 1.82. The van der Waals surface area contributed by atoms with Crippen LogP contribution >= 0.6 is 11.3 Å². The van der Waals surface area contributed by atoms with E-state index in [0.29, 0.717) is 12.5 Å². The molecule has 2 N–H and O–H groups in total. The fraction of sp³-hybridized carbons (Fsp3) is 0.400. The third-order valence-electron chi connectivity index (χ3n) is 3.72. The van der Waals surface area contributed by atoms with E-state index in [1.165, 1.54) is 26.7 Å². The van der Waals surface area contributed by atoms with Crippen molar-refractivity contribution >= 4 is 11.3 Å². The average Bonchev–Trinajstić information content (AvgIpc) is 3.01. The van der Waals surface area contributed by atoms with Gasteiger partial charge >= 0.3 is 0 Å². The number of rotatable bonds is 3. The second-order valence-electron chi connectivity index (χ2n) is 4.85. The SMILES string of the molecule is CCc1nc(C2Cc3ccccc3C2)sc1CN. The molecule has 3 rings (SSSR count). The highest BCUT2D eigenvalue weighted by molar-refractivity contribution is 7.11. The van der Waals surface area contributed by atoms with Crippen molar-refractivity contribution in [3.63, 3.8) is 0 Å². The van der Waals surface area contributed by atoms with Crippen LogP contribution in [0.1, 0.15) is 39.5 Å². The van der Waals surface area contributed by atoms with Crippen LogP contribution in [0.2, 0.25) is 0 Å². The van der Waals surface area contributed by atoms with Crippen LogP contribution in [0, 0.1) is 0 Å². The van der Waals surface area contributed by atoms with Crippen LogP contribution in [0.25, 0.3) is 0 Å². The van der Waals surface area contributed by atoms with Crippen molar-refractivity contribution in [1.29, 1.82) is 0 Å². The van der Waals surface area contributed by atoms with Crippen molar-refractivity contribution in [3.8, 4) is 0 Å². The van der Waals surface area contributed by atoms with Gasteiger partial charge in [-0.3, -0.25) is 0 Å². The number of aryl methyl sites for hydroxylation is 1. The first-order valence-electron chi connectivity index (χ1n) is 6.57. The van der Waals surface area contributed by atoms with Crippen LogP contribution in [0.3, 0.4) is 0 Å². The molecule has 0 amide bonds. The summed E-state index contributed by atoms with van der Waals surface area (Å²) in [6.07, 6.45) is 3.26. The molecule has 0 saturated heterocycles. The van der Waals surface area contributed by atoms with Gasteiger partial charge in [0.05, 0.1) is 10.7 Å². The lowest BCUT2D eigenvalue weighted by atomic mass is 10.1. The maximum Gasteiger partial charge on any atom is 0.0969 e. The topological polar surface area (TPSA) is 38.9 Å². The maximum absolute atomic E-state index is 5.79. The van der Waals surface area contributed by atoms with Gasteiger partial charge in [-0.15, -0.1) is 11.3 Å². The molecule has 2 aromatic rings. The Hall–Kier alpha value is -1.19. The molecule has 3 heteroatoms. The molecule has 1 aromatic heterocycles. The zero-order chi connectivity index (χ0) is 12.5. The molecule has 18 heavy (non-hydrogen) atoms. The molecule has 2 nitrogen and oxygen atoms in total. The van der Waals surface area contributed by atoms with Gasteiger partial charge in [0.25, 0.3) is 0 Å². The Morgan fingerprint density at radius 2 is 1.94 bits per heavy atom. The van der Waals surface area contributed by atoms with Crippen LogP contribution in [0.15, 0.2) is 24.3 Å². The highest BCUT2D eigenvalue weighted by Gasteiger charge is 2.25. The van der Waals surface area contributed by atoms with Gasteiger partial charge in [-0.2, -0.15) is 0 Å². The minimum atomic E-state index is 0.568. The van der Waals surface area contributed by atoms with Gasteiger partial charge in [-0.05, 0) is 30.4 Å². The van der Waals surface area contributed by atoms with E-state index in [4.69, 9.17) is 10.7 Å². The largest absolute Gasteiger partial charge is 0.326 e. The summed E-state index contributed by atoms with van der Waals surface area (Å²) in [4.78, 5) is 6.07. The third kappa shape index (κ3) is 1.98. The zero-order valence-electron chi connectivity index (χ0n) is 10.6. The molecule has 1 aliphatic rings. The molecule has 1 aromatic carbocycles. The van der Waals surface area contributed by atoms with E-state index in [0.717, 1.165) is 19.3 Å². The quantitative estimate of drug-likeness (QED) is 0.919. The van der Waals surface area contributed by atoms with Gasteiger partial charge in [0.1, 0.15) is 0 Å². The van der Waals surface area contributed by atoms with Crippen molar-refractivity contribution in [2.45, 2.75) is 38.6 Å². The van der Waals surface area contributed by atoms with Gasteiger partial charge in [0.2, 0.25) is 0 Å². The smallest absolute Gasteiger partial charge is 0.0969 e. The van der Waals surface area contributed by atoms with Crippen molar-refractivity contribution < 1.29 is 0 Å². The summed E-state index contributed by atoms with van der Waals surface area (Å²) in [7, 11) is 0. The van der Waals surface area contributed by atoms with E-state index >= 15 is 0 Å². The average molecular weight is 258 g/mol. The van der Waals surface area contributed by atoms with Crippen LogP contribution < -0.4 is 5.73 Å². The van der Waals surface area contributed by atoms with Crippen molar-refractivity contribution in [2.24, 2.45) is 5.73 Å². The molecular formula is C15H18N2S. The summed E-state index contributed by atoms with van der Waals surface area (Å²) in [5.41, 5.74) is 9.98. The first-order chi connectivity index (χ1) is 8.81. The zero-order valence-corrected chi connectivity index (χ0v) is 11.5.